The lowest BCUT2D eigenvalue weighted by molar-refractivity contribution is -0.147. The van der Waals surface area contributed by atoms with Gasteiger partial charge in [0.15, 0.2) is 11.4 Å². The van der Waals surface area contributed by atoms with Crippen molar-refractivity contribution in [2.45, 2.75) is 37.7 Å². The number of aromatic hydroxyl groups is 1. The van der Waals surface area contributed by atoms with Crippen LogP contribution in [-0.2, 0) is 28.9 Å². The van der Waals surface area contributed by atoms with E-state index in [0.717, 1.165) is 22.4 Å². The molecule has 8 nitrogen and oxygen atoms in total. The van der Waals surface area contributed by atoms with Crippen molar-refractivity contribution in [2.75, 3.05) is 7.11 Å². The average molecular weight is 504 g/mol. The molecule has 0 bridgehead atoms. The minimum absolute atomic E-state index is 0.0608. The third-order valence-corrected chi connectivity index (χ3v) is 7.94. The summed E-state index contributed by atoms with van der Waals surface area (Å²) in [6.07, 6.45) is 1.65. The van der Waals surface area contributed by atoms with Crippen LogP contribution >= 0.6 is 0 Å². The first-order valence-electron chi connectivity index (χ1n) is 12.2. The largest absolute Gasteiger partial charge is 0.508 e. The number of rotatable bonds is 5. The summed E-state index contributed by atoms with van der Waals surface area (Å²) >= 11 is 0. The molecule has 5 rings (SSSR count). The number of allylic oxidation sites excluding steroid dienone is 1. The Bertz CT molecular complexity index is 1420. The van der Waals surface area contributed by atoms with Gasteiger partial charge in [-0.1, -0.05) is 24.8 Å². The average Bonchev–Trinajstić information content (AvgIpc) is 2.85. The Morgan fingerprint density at radius 2 is 1.89 bits per heavy atom. The third kappa shape index (κ3) is 3.71. The number of carbonyl (C=O) groups excluding carboxylic acids is 2. The Hall–Kier alpha value is -4.04. The number of benzene rings is 2. The molecule has 0 amide bonds. The second kappa shape index (κ2) is 8.81. The molecule has 192 valence electrons. The van der Waals surface area contributed by atoms with Gasteiger partial charge in [-0.3, -0.25) is 9.59 Å². The van der Waals surface area contributed by atoms with Crippen molar-refractivity contribution < 1.29 is 34.8 Å². The van der Waals surface area contributed by atoms with Crippen LogP contribution in [0.3, 0.4) is 0 Å². The van der Waals surface area contributed by atoms with E-state index in [-0.39, 0.29) is 41.0 Å². The van der Waals surface area contributed by atoms with E-state index in [0.29, 0.717) is 19.3 Å². The molecular formula is C29H29NO7. The van der Waals surface area contributed by atoms with Crippen molar-refractivity contribution in [1.82, 2.24) is 0 Å². The fraction of sp³-hybridized carbons (Fsp3) is 0.310. The van der Waals surface area contributed by atoms with Gasteiger partial charge in [0, 0.05) is 23.6 Å². The van der Waals surface area contributed by atoms with E-state index in [1.54, 1.807) is 7.11 Å². The van der Waals surface area contributed by atoms with Crippen molar-refractivity contribution >= 4 is 17.3 Å². The van der Waals surface area contributed by atoms with Crippen LogP contribution in [0.25, 0.3) is 5.76 Å². The molecule has 0 aliphatic heterocycles. The molecule has 2 aromatic carbocycles. The van der Waals surface area contributed by atoms with Gasteiger partial charge in [0.25, 0.3) is 0 Å². The lowest BCUT2D eigenvalue weighted by Crippen LogP contribution is -2.57. The number of methoxy groups -OCH3 is 1. The normalized spacial score (nSPS) is 24.9. The van der Waals surface area contributed by atoms with E-state index in [2.05, 4.69) is 6.58 Å². The summed E-state index contributed by atoms with van der Waals surface area (Å²) in [5.74, 6) is -3.42. The summed E-state index contributed by atoms with van der Waals surface area (Å²) in [7, 11) is 1.61. The van der Waals surface area contributed by atoms with Crippen molar-refractivity contribution in [3.8, 4) is 11.5 Å². The number of aliphatic hydroxyl groups is 3. The maximum absolute atomic E-state index is 13.7. The van der Waals surface area contributed by atoms with Crippen LogP contribution in [-0.4, -0.2) is 44.7 Å². The van der Waals surface area contributed by atoms with Gasteiger partial charge in [0.1, 0.15) is 23.0 Å². The van der Waals surface area contributed by atoms with E-state index in [1.165, 1.54) is 6.07 Å². The Morgan fingerprint density at radius 3 is 2.59 bits per heavy atom. The minimum atomic E-state index is -2.40. The first kappa shape index (κ1) is 24.6. The number of aliphatic hydroxyl groups excluding tert-OH is 2. The minimum Gasteiger partial charge on any atom is -0.508 e. The smallest absolute Gasteiger partial charge is 0.202 e. The van der Waals surface area contributed by atoms with Crippen molar-refractivity contribution in [2.24, 2.45) is 17.6 Å². The molecule has 1 unspecified atom stereocenters. The summed E-state index contributed by atoms with van der Waals surface area (Å²) in [6, 6.07) is 11.0. The van der Waals surface area contributed by atoms with Gasteiger partial charge in [-0.2, -0.15) is 0 Å². The van der Waals surface area contributed by atoms with Gasteiger partial charge >= 0.3 is 0 Å². The number of carbonyl (C=O) groups is 2. The highest BCUT2D eigenvalue weighted by atomic mass is 16.5. The lowest BCUT2D eigenvalue weighted by atomic mass is 9.59. The summed E-state index contributed by atoms with van der Waals surface area (Å²) in [5.41, 5.74) is 5.47. The van der Waals surface area contributed by atoms with Crippen LogP contribution in [0.5, 0.6) is 11.5 Å². The van der Waals surface area contributed by atoms with Crippen molar-refractivity contribution in [1.29, 1.82) is 0 Å². The fourth-order valence-electron chi connectivity index (χ4n) is 6.10. The lowest BCUT2D eigenvalue weighted by Gasteiger charge is -2.46. The zero-order chi connectivity index (χ0) is 26.6. The molecule has 1 saturated carbocycles. The molecule has 3 atom stereocenters. The van der Waals surface area contributed by atoms with Gasteiger partial charge in [0.05, 0.1) is 18.2 Å². The van der Waals surface area contributed by atoms with Crippen LogP contribution in [0.15, 0.2) is 65.6 Å². The number of nitrogens with two attached hydrogens (primary N) is 1. The molecule has 0 heterocycles. The SMILES string of the molecule is C=C(N)C1=C(O)C2(O)C(=O)C3=C(O)c4c(O)ccc(CCc5cccc(OC)c5)c4C[C@H]3C[C@H]2CC1=O. The molecule has 0 spiro atoms. The highest BCUT2D eigenvalue weighted by Crippen LogP contribution is 2.52. The number of aryl methyl sites for hydroxylation is 2. The first-order chi connectivity index (χ1) is 17.6. The number of ketones is 2. The molecule has 0 radical (unpaired) electrons. The number of Topliss-reactive ketones (excluding diaryl/α,β-unsaturated/α-hetero) is 2. The molecule has 0 saturated heterocycles. The second-order valence-electron chi connectivity index (χ2n) is 10.0. The molecule has 3 aliphatic carbocycles. The van der Waals surface area contributed by atoms with Gasteiger partial charge in [-0.05, 0) is 66.5 Å². The molecule has 3 aliphatic rings. The number of phenolic OH excluding ortho intramolecular Hbond substituents is 1. The zero-order valence-electron chi connectivity index (χ0n) is 20.5. The van der Waals surface area contributed by atoms with E-state index in [9.17, 15) is 30.0 Å². The molecule has 2 aromatic rings. The van der Waals surface area contributed by atoms with Crippen molar-refractivity contribution in [3.63, 3.8) is 0 Å². The third-order valence-electron chi connectivity index (χ3n) is 7.94. The Balaban J connectivity index is 1.56. The standard InChI is InChI=1S/C29H29NO7/c1-14(30)23-22(32)13-18-11-17-12-20-16(7-6-15-4-3-5-19(10-15)37-2)8-9-21(31)25(20)26(33)24(17)28(35)29(18,36)27(23)34/h3-5,8-10,17-18,31,33-34,36H,1,6-7,11-13,30H2,2H3/t17-,18+,29?/m1/s1. The topological polar surface area (TPSA) is 150 Å². The van der Waals surface area contributed by atoms with Gasteiger partial charge in [-0.25, -0.2) is 0 Å². The number of hydrogen-bond donors (Lipinski definition) is 5. The maximum Gasteiger partial charge on any atom is 0.202 e. The van der Waals surface area contributed by atoms with E-state index < -0.39 is 40.5 Å². The van der Waals surface area contributed by atoms with Gasteiger partial charge in [-0.15, -0.1) is 0 Å². The molecule has 8 heteroatoms. The quantitative estimate of drug-likeness (QED) is 0.417. The first-order valence-corrected chi connectivity index (χ1v) is 12.2. The number of fused-ring (bicyclic) bond motifs is 3. The number of phenols is 1. The predicted molar refractivity (Wildman–Crippen MR) is 136 cm³/mol. The monoisotopic (exact) mass is 503 g/mol. The number of hydrogen-bond acceptors (Lipinski definition) is 8. The van der Waals surface area contributed by atoms with E-state index in [1.807, 2.05) is 30.3 Å². The van der Waals surface area contributed by atoms with Crippen LogP contribution < -0.4 is 10.5 Å². The summed E-state index contributed by atoms with van der Waals surface area (Å²) < 4.78 is 5.30. The Morgan fingerprint density at radius 1 is 1.14 bits per heavy atom. The predicted octanol–water partition coefficient (Wildman–Crippen LogP) is 3.20. The Labute approximate surface area is 214 Å². The Kier molecular flexibility index (Phi) is 5.87. The molecule has 0 aromatic heterocycles. The molecular weight excluding hydrogens is 474 g/mol. The summed E-state index contributed by atoms with van der Waals surface area (Å²) in [4.78, 5) is 26.3. The van der Waals surface area contributed by atoms with E-state index in [4.69, 9.17) is 10.5 Å². The zero-order valence-corrected chi connectivity index (χ0v) is 20.5. The second-order valence-corrected chi connectivity index (χ2v) is 10.0. The van der Waals surface area contributed by atoms with E-state index >= 15 is 0 Å². The van der Waals surface area contributed by atoms with Crippen LogP contribution in [0.4, 0.5) is 0 Å². The van der Waals surface area contributed by atoms with Crippen LogP contribution in [0, 0.1) is 11.8 Å². The van der Waals surface area contributed by atoms with Gasteiger partial charge < -0.3 is 30.9 Å². The van der Waals surface area contributed by atoms with Crippen LogP contribution in [0.2, 0.25) is 0 Å². The highest BCUT2D eigenvalue weighted by molar-refractivity contribution is 6.13. The molecule has 37 heavy (non-hydrogen) atoms. The summed E-state index contributed by atoms with van der Waals surface area (Å²) in [6.45, 7) is 3.49. The van der Waals surface area contributed by atoms with Crippen LogP contribution in [0.1, 0.15) is 35.1 Å². The van der Waals surface area contributed by atoms with Crippen molar-refractivity contribution in [3.05, 3.63) is 87.8 Å². The maximum atomic E-state index is 13.7. The molecule has 6 N–H and O–H groups in total. The fourth-order valence-corrected chi connectivity index (χ4v) is 6.10. The molecule has 1 fully saturated rings. The summed E-state index contributed by atoms with van der Waals surface area (Å²) in [5, 5.41) is 44.2. The van der Waals surface area contributed by atoms with Gasteiger partial charge in [0.2, 0.25) is 5.78 Å². The highest BCUT2D eigenvalue weighted by Gasteiger charge is 2.59. The number of ether oxygens (including phenoxy) is 1.